The fraction of sp³-hybridized carbons (Fsp3) is 0.565. The molecule has 1 aliphatic carbocycles. The summed E-state index contributed by atoms with van der Waals surface area (Å²) in [5.74, 6) is -0.268. The summed E-state index contributed by atoms with van der Waals surface area (Å²) in [6, 6.07) is 8.25. The molecule has 2 N–H and O–H groups in total. The number of rotatable bonds is 4. The largest absolute Gasteiger partial charge is 0.360 e. The molecule has 0 spiro atoms. The molecule has 4 nitrogen and oxygen atoms in total. The molecule has 1 amide bonds. The Morgan fingerprint density at radius 1 is 1.07 bits per heavy atom. The summed E-state index contributed by atoms with van der Waals surface area (Å²) in [4.78, 5) is 12.6. The van der Waals surface area contributed by atoms with Gasteiger partial charge in [-0.05, 0) is 66.1 Å². The summed E-state index contributed by atoms with van der Waals surface area (Å²) < 4.78 is 1.16. The first kappa shape index (κ1) is 22.7. The number of hydrogen-bond donors (Lipinski definition) is 2. The highest BCUT2D eigenvalue weighted by Gasteiger charge is 2.16. The van der Waals surface area contributed by atoms with Gasteiger partial charge in [0.15, 0.2) is 0 Å². The number of hydrogen-bond acceptors (Lipinski definition) is 3. The van der Waals surface area contributed by atoms with Gasteiger partial charge in [0, 0.05) is 21.5 Å². The number of anilines is 1. The quantitative estimate of drug-likeness (QED) is 0.298. The minimum atomic E-state index is -0.268. The molecule has 1 aromatic carbocycles. The number of carbonyl (C=O) groups is 1. The third-order valence-corrected chi connectivity index (χ3v) is 6.04. The number of aryl methyl sites for hydroxylation is 1. The lowest BCUT2D eigenvalue weighted by molar-refractivity contribution is -0.117. The Bertz CT molecular complexity index is 696. The zero-order valence-corrected chi connectivity index (χ0v) is 19.1. The highest BCUT2D eigenvalue weighted by atomic mass is 127. The molecular weight excluding hydrogens is 461 g/mol. The van der Waals surface area contributed by atoms with Crippen LogP contribution in [0.2, 0.25) is 0 Å². The van der Waals surface area contributed by atoms with Crippen molar-refractivity contribution in [1.29, 1.82) is 5.26 Å². The van der Waals surface area contributed by atoms with Gasteiger partial charge in [-0.1, -0.05) is 57.8 Å². The van der Waals surface area contributed by atoms with Crippen LogP contribution in [-0.2, 0) is 4.79 Å². The van der Waals surface area contributed by atoms with E-state index in [1.54, 1.807) is 0 Å². The van der Waals surface area contributed by atoms with Crippen LogP contribution in [0.3, 0.4) is 0 Å². The number of benzene rings is 1. The van der Waals surface area contributed by atoms with E-state index >= 15 is 0 Å². The van der Waals surface area contributed by atoms with Crippen LogP contribution >= 0.6 is 22.6 Å². The van der Waals surface area contributed by atoms with Gasteiger partial charge in [-0.2, -0.15) is 5.26 Å². The van der Waals surface area contributed by atoms with Gasteiger partial charge in [-0.15, -0.1) is 0 Å². The van der Waals surface area contributed by atoms with E-state index in [1.807, 2.05) is 25.1 Å². The normalized spacial score (nSPS) is 17.7. The van der Waals surface area contributed by atoms with Crippen LogP contribution in [0.4, 0.5) is 5.69 Å². The third kappa shape index (κ3) is 8.22. The maximum Gasteiger partial charge on any atom is 0.263 e. The second-order valence-corrected chi connectivity index (χ2v) is 8.95. The first-order chi connectivity index (χ1) is 13.6. The molecule has 0 atom stereocenters. The molecule has 1 fully saturated rings. The Labute approximate surface area is 183 Å². The van der Waals surface area contributed by atoms with Crippen LogP contribution in [-0.4, -0.2) is 11.9 Å². The van der Waals surface area contributed by atoms with Crippen LogP contribution in [0.1, 0.15) is 76.2 Å². The topological polar surface area (TPSA) is 64.9 Å². The first-order valence-electron chi connectivity index (χ1n) is 10.5. The number of amides is 1. The lowest BCUT2D eigenvalue weighted by Gasteiger charge is -2.19. The molecule has 5 heteroatoms. The Balaban J connectivity index is 1.94. The van der Waals surface area contributed by atoms with Gasteiger partial charge in [0.25, 0.3) is 5.91 Å². The van der Waals surface area contributed by atoms with Crippen molar-refractivity contribution >= 4 is 34.2 Å². The van der Waals surface area contributed by atoms with Crippen molar-refractivity contribution in [3.63, 3.8) is 0 Å². The van der Waals surface area contributed by atoms with Gasteiger partial charge in [0.2, 0.25) is 0 Å². The zero-order valence-electron chi connectivity index (χ0n) is 16.9. The van der Waals surface area contributed by atoms with E-state index in [4.69, 9.17) is 0 Å². The van der Waals surface area contributed by atoms with E-state index < -0.39 is 0 Å². The summed E-state index contributed by atoms with van der Waals surface area (Å²) in [5, 5.41) is 15.7. The highest BCUT2D eigenvalue weighted by Crippen LogP contribution is 2.19. The van der Waals surface area contributed by atoms with Crippen LogP contribution in [0, 0.1) is 21.8 Å². The molecule has 152 valence electrons. The van der Waals surface area contributed by atoms with Crippen LogP contribution in [0.5, 0.6) is 0 Å². The van der Waals surface area contributed by atoms with E-state index in [-0.39, 0.29) is 17.5 Å². The Morgan fingerprint density at radius 3 is 2.18 bits per heavy atom. The van der Waals surface area contributed by atoms with E-state index in [2.05, 4.69) is 39.3 Å². The maximum absolute atomic E-state index is 12.6. The molecule has 0 radical (unpaired) electrons. The SMILES string of the molecule is Cc1cc(I)ccc1N/C=C(/C#N)C(=O)NC1CCCCCCCCCCC1. The highest BCUT2D eigenvalue weighted by molar-refractivity contribution is 14.1. The summed E-state index contributed by atoms with van der Waals surface area (Å²) in [5.41, 5.74) is 2.12. The van der Waals surface area contributed by atoms with Gasteiger partial charge < -0.3 is 10.6 Å². The second kappa shape index (κ2) is 12.8. The summed E-state index contributed by atoms with van der Waals surface area (Å²) in [7, 11) is 0. The molecule has 2 rings (SSSR count). The summed E-state index contributed by atoms with van der Waals surface area (Å²) >= 11 is 2.27. The Morgan fingerprint density at radius 2 is 1.64 bits per heavy atom. The molecule has 28 heavy (non-hydrogen) atoms. The zero-order chi connectivity index (χ0) is 20.2. The van der Waals surface area contributed by atoms with Crippen molar-refractivity contribution in [3.05, 3.63) is 39.1 Å². The smallest absolute Gasteiger partial charge is 0.263 e. The van der Waals surface area contributed by atoms with Crippen molar-refractivity contribution in [2.45, 2.75) is 83.6 Å². The average molecular weight is 493 g/mol. The van der Waals surface area contributed by atoms with Gasteiger partial charge in [-0.25, -0.2) is 0 Å². The lowest BCUT2D eigenvalue weighted by Crippen LogP contribution is -2.35. The van der Waals surface area contributed by atoms with Crippen molar-refractivity contribution in [2.75, 3.05) is 5.32 Å². The van der Waals surface area contributed by atoms with E-state index in [0.29, 0.717) is 0 Å². The van der Waals surface area contributed by atoms with Crippen molar-refractivity contribution in [2.24, 2.45) is 0 Å². The molecule has 0 heterocycles. The number of nitrogens with one attached hydrogen (secondary N) is 2. The number of nitrogens with zero attached hydrogens (tertiary/aromatic N) is 1. The molecular formula is C23H32IN3O. The van der Waals surface area contributed by atoms with Crippen LogP contribution in [0.15, 0.2) is 30.0 Å². The molecule has 0 unspecified atom stereocenters. The van der Waals surface area contributed by atoms with E-state index in [1.165, 1.54) is 51.1 Å². The fourth-order valence-electron chi connectivity index (χ4n) is 3.66. The number of carbonyl (C=O) groups excluding carboxylic acids is 1. The predicted octanol–water partition coefficient (Wildman–Crippen LogP) is 6.21. The Kier molecular flexibility index (Phi) is 10.4. The summed E-state index contributed by atoms with van der Waals surface area (Å²) in [6.45, 7) is 2.01. The molecule has 1 aromatic rings. The molecule has 0 saturated heterocycles. The second-order valence-electron chi connectivity index (χ2n) is 7.70. The summed E-state index contributed by atoms with van der Waals surface area (Å²) in [6.07, 6.45) is 14.9. The van der Waals surface area contributed by atoms with Gasteiger partial charge in [0.05, 0.1) is 0 Å². The van der Waals surface area contributed by atoms with Gasteiger partial charge >= 0.3 is 0 Å². The average Bonchev–Trinajstić information content (AvgIpc) is 2.66. The number of nitriles is 1. The number of halogens is 1. The predicted molar refractivity (Wildman–Crippen MR) is 124 cm³/mol. The van der Waals surface area contributed by atoms with Gasteiger partial charge in [-0.3, -0.25) is 4.79 Å². The fourth-order valence-corrected chi connectivity index (χ4v) is 4.31. The van der Waals surface area contributed by atoms with E-state index in [0.717, 1.165) is 40.5 Å². The van der Waals surface area contributed by atoms with E-state index in [9.17, 15) is 10.1 Å². The Hall–Kier alpha value is -1.55. The first-order valence-corrected chi connectivity index (χ1v) is 11.6. The third-order valence-electron chi connectivity index (χ3n) is 5.37. The van der Waals surface area contributed by atoms with Gasteiger partial charge in [0.1, 0.15) is 11.6 Å². The van der Waals surface area contributed by atoms with Crippen molar-refractivity contribution < 1.29 is 4.79 Å². The van der Waals surface area contributed by atoms with Crippen molar-refractivity contribution in [3.8, 4) is 6.07 Å². The standard InChI is InChI=1S/C23H32IN3O/c1-18-15-20(24)13-14-22(18)26-17-19(16-25)23(28)27-21-11-9-7-5-3-2-4-6-8-10-12-21/h13-15,17,21,26H,2-12H2,1H3,(H,27,28)/b19-17-. The molecule has 0 bridgehead atoms. The van der Waals surface area contributed by atoms with Crippen LogP contribution in [0.25, 0.3) is 0 Å². The molecule has 1 aliphatic rings. The maximum atomic E-state index is 12.6. The van der Waals surface area contributed by atoms with Crippen LogP contribution < -0.4 is 10.6 Å². The minimum Gasteiger partial charge on any atom is -0.360 e. The molecule has 1 saturated carbocycles. The molecule has 0 aromatic heterocycles. The minimum absolute atomic E-state index is 0.129. The lowest BCUT2D eigenvalue weighted by atomic mass is 9.98. The van der Waals surface area contributed by atoms with Crippen molar-refractivity contribution in [1.82, 2.24) is 5.32 Å². The molecule has 0 aliphatic heterocycles. The monoisotopic (exact) mass is 493 g/mol.